The molecule has 4 rings (SSSR count). The Kier molecular flexibility index (Phi) is 7.49. The van der Waals surface area contributed by atoms with Crippen molar-refractivity contribution in [2.24, 2.45) is 5.92 Å². The molecule has 0 spiro atoms. The van der Waals surface area contributed by atoms with Gasteiger partial charge in [0.1, 0.15) is 11.6 Å². The van der Waals surface area contributed by atoms with E-state index < -0.39 is 6.10 Å². The van der Waals surface area contributed by atoms with Gasteiger partial charge in [0.15, 0.2) is 6.10 Å². The van der Waals surface area contributed by atoms with Gasteiger partial charge in [-0.15, -0.1) is 0 Å². The maximum Gasteiger partial charge on any atom is 0.261 e. The molecular weight excluding hydrogens is 443 g/mol. The summed E-state index contributed by atoms with van der Waals surface area (Å²) in [7, 11) is 0. The van der Waals surface area contributed by atoms with Crippen LogP contribution in [0.25, 0.3) is 0 Å². The van der Waals surface area contributed by atoms with Crippen molar-refractivity contribution in [1.82, 2.24) is 10.2 Å². The van der Waals surface area contributed by atoms with Crippen LogP contribution in [-0.4, -0.2) is 29.4 Å². The van der Waals surface area contributed by atoms with Gasteiger partial charge >= 0.3 is 0 Å². The molecule has 0 radical (unpaired) electrons. The maximum atomic E-state index is 13.6. The average Bonchev–Trinajstić information content (AvgIpc) is 2.87. The van der Waals surface area contributed by atoms with Gasteiger partial charge in [0, 0.05) is 19.0 Å². The van der Waals surface area contributed by atoms with Crippen LogP contribution in [0, 0.1) is 11.7 Å². The fourth-order valence-corrected chi connectivity index (χ4v) is 4.43. The Bertz CT molecular complexity index is 1180. The second-order valence-corrected chi connectivity index (χ2v) is 9.21. The molecule has 0 aliphatic carbocycles. The van der Waals surface area contributed by atoms with Crippen molar-refractivity contribution in [3.63, 3.8) is 0 Å². The number of amides is 2. The monoisotopic (exact) mass is 474 g/mol. The molecule has 35 heavy (non-hydrogen) atoms. The van der Waals surface area contributed by atoms with E-state index in [4.69, 9.17) is 4.74 Å². The van der Waals surface area contributed by atoms with Crippen molar-refractivity contribution in [3.8, 4) is 5.75 Å². The summed E-state index contributed by atoms with van der Waals surface area (Å²) in [5.41, 5.74) is 3.90. The minimum atomic E-state index is -0.696. The lowest BCUT2D eigenvalue weighted by molar-refractivity contribution is -0.136. The fraction of sp³-hybridized carbons (Fsp3) is 0.310. The number of benzene rings is 3. The minimum Gasteiger partial charge on any atom is -0.481 e. The Morgan fingerprint density at radius 3 is 2.43 bits per heavy atom. The Morgan fingerprint density at radius 2 is 1.74 bits per heavy atom. The van der Waals surface area contributed by atoms with Gasteiger partial charge in [-0.2, -0.15) is 0 Å². The van der Waals surface area contributed by atoms with Gasteiger partial charge in [0.2, 0.25) is 5.91 Å². The van der Waals surface area contributed by atoms with E-state index >= 15 is 0 Å². The van der Waals surface area contributed by atoms with Crippen LogP contribution in [0.4, 0.5) is 4.39 Å². The molecule has 0 saturated carbocycles. The third-order valence-corrected chi connectivity index (χ3v) is 6.30. The van der Waals surface area contributed by atoms with E-state index in [1.165, 1.54) is 12.1 Å². The molecule has 0 fully saturated rings. The number of hydrogen-bond donors (Lipinski definition) is 1. The van der Waals surface area contributed by atoms with Crippen LogP contribution in [0.1, 0.15) is 49.1 Å². The Morgan fingerprint density at radius 1 is 1.03 bits per heavy atom. The maximum absolute atomic E-state index is 13.6. The molecule has 2 unspecified atom stereocenters. The van der Waals surface area contributed by atoms with Crippen LogP contribution in [0.2, 0.25) is 0 Å². The molecule has 0 bridgehead atoms. The van der Waals surface area contributed by atoms with E-state index in [1.807, 2.05) is 67.3 Å². The summed E-state index contributed by atoms with van der Waals surface area (Å²) in [6.07, 6.45) is 0.0248. The van der Waals surface area contributed by atoms with Gasteiger partial charge in [-0.05, 0) is 59.9 Å². The molecule has 3 aromatic rings. The first-order chi connectivity index (χ1) is 16.8. The molecule has 2 atom stereocenters. The number of nitrogens with one attached hydrogen (secondary N) is 1. The second kappa shape index (κ2) is 10.7. The lowest BCUT2D eigenvalue weighted by atomic mass is 9.87. The normalized spacial score (nSPS) is 15.9. The smallest absolute Gasteiger partial charge is 0.261 e. The molecule has 0 saturated heterocycles. The molecule has 0 aromatic heterocycles. The van der Waals surface area contributed by atoms with E-state index in [2.05, 4.69) is 5.32 Å². The van der Waals surface area contributed by atoms with Crippen molar-refractivity contribution >= 4 is 11.8 Å². The number of ether oxygens (including phenoxy) is 1. The Labute approximate surface area is 205 Å². The summed E-state index contributed by atoms with van der Waals surface area (Å²) in [5, 5.41) is 2.90. The number of halogens is 1. The number of carbonyl (C=O) groups excluding carboxylic acids is 2. The first-order valence-electron chi connectivity index (χ1n) is 12.0. The summed E-state index contributed by atoms with van der Waals surface area (Å²) in [6, 6.07) is 21.4. The molecule has 1 aliphatic rings. The molecule has 3 aromatic carbocycles. The Hall–Kier alpha value is -3.67. The number of fused-ring (bicyclic) bond motifs is 1. The van der Waals surface area contributed by atoms with Crippen LogP contribution >= 0.6 is 0 Å². The largest absolute Gasteiger partial charge is 0.481 e. The van der Waals surface area contributed by atoms with Crippen LogP contribution in [0.15, 0.2) is 72.8 Å². The molecule has 5 nitrogen and oxygen atoms in total. The lowest BCUT2D eigenvalue weighted by Gasteiger charge is -2.39. The lowest BCUT2D eigenvalue weighted by Crippen LogP contribution is -2.42. The third kappa shape index (κ3) is 5.70. The van der Waals surface area contributed by atoms with Crippen LogP contribution in [0.3, 0.4) is 0 Å². The molecule has 1 heterocycles. The van der Waals surface area contributed by atoms with Crippen molar-refractivity contribution in [2.45, 2.75) is 45.9 Å². The van der Waals surface area contributed by atoms with Crippen LogP contribution in [0.5, 0.6) is 5.75 Å². The van der Waals surface area contributed by atoms with Gasteiger partial charge in [-0.1, -0.05) is 62.4 Å². The molecule has 2 amide bonds. The van der Waals surface area contributed by atoms with E-state index in [0.717, 1.165) is 28.7 Å². The van der Waals surface area contributed by atoms with E-state index in [1.54, 1.807) is 19.1 Å². The number of rotatable bonds is 7. The third-order valence-electron chi connectivity index (χ3n) is 6.30. The van der Waals surface area contributed by atoms with Crippen molar-refractivity contribution in [2.75, 3.05) is 6.54 Å². The number of hydrogen-bond acceptors (Lipinski definition) is 3. The summed E-state index contributed by atoms with van der Waals surface area (Å²) in [5.74, 6) is -0.0912. The van der Waals surface area contributed by atoms with Crippen molar-refractivity contribution in [1.29, 1.82) is 0 Å². The summed E-state index contributed by atoms with van der Waals surface area (Å²) < 4.78 is 19.7. The van der Waals surface area contributed by atoms with Gasteiger partial charge in [0.05, 0.1) is 6.04 Å². The first-order valence-corrected chi connectivity index (χ1v) is 12.0. The van der Waals surface area contributed by atoms with E-state index in [9.17, 15) is 14.0 Å². The van der Waals surface area contributed by atoms with Gasteiger partial charge in [0.25, 0.3) is 5.91 Å². The summed E-state index contributed by atoms with van der Waals surface area (Å²) in [4.78, 5) is 27.5. The molecular formula is C29H31FN2O3. The van der Waals surface area contributed by atoms with Gasteiger partial charge in [-0.25, -0.2) is 4.39 Å². The standard InChI is InChI=1S/C29H31FN2O3/c1-19(2)29(34)32-16-15-22-11-14-25(17-26(22)27(32)23-9-12-24(30)13-10-23)35-20(3)28(33)31-18-21-7-5-4-6-8-21/h4-14,17,19-20,27H,15-16,18H2,1-3H3,(H,31,33). The van der Waals surface area contributed by atoms with Crippen molar-refractivity contribution < 1.29 is 18.7 Å². The zero-order valence-corrected chi connectivity index (χ0v) is 20.3. The number of carbonyl (C=O) groups is 2. The predicted octanol–water partition coefficient (Wildman–Crippen LogP) is 5.04. The SMILES string of the molecule is CC(C)C(=O)N1CCc2ccc(OC(C)C(=O)NCc3ccccc3)cc2C1c1ccc(F)cc1. The zero-order chi connectivity index (χ0) is 24.9. The molecule has 6 heteroatoms. The highest BCUT2D eigenvalue weighted by Gasteiger charge is 2.33. The van der Waals surface area contributed by atoms with E-state index in [0.29, 0.717) is 18.8 Å². The van der Waals surface area contributed by atoms with Crippen LogP contribution in [-0.2, 0) is 22.6 Å². The highest BCUT2D eigenvalue weighted by Crippen LogP contribution is 2.38. The van der Waals surface area contributed by atoms with Crippen LogP contribution < -0.4 is 10.1 Å². The highest BCUT2D eigenvalue weighted by molar-refractivity contribution is 5.81. The molecule has 1 aliphatic heterocycles. The van der Waals surface area contributed by atoms with E-state index in [-0.39, 0.29) is 29.6 Å². The quantitative estimate of drug-likeness (QED) is 0.522. The predicted molar refractivity (Wildman–Crippen MR) is 133 cm³/mol. The summed E-state index contributed by atoms with van der Waals surface area (Å²) >= 11 is 0. The van der Waals surface area contributed by atoms with Gasteiger partial charge in [-0.3, -0.25) is 9.59 Å². The first kappa shape index (κ1) is 24.5. The Balaban J connectivity index is 1.57. The summed E-state index contributed by atoms with van der Waals surface area (Å²) in [6.45, 7) is 6.50. The topological polar surface area (TPSA) is 58.6 Å². The average molecular weight is 475 g/mol. The van der Waals surface area contributed by atoms with Crippen molar-refractivity contribution in [3.05, 3.63) is 101 Å². The second-order valence-electron chi connectivity index (χ2n) is 9.21. The molecule has 182 valence electrons. The van der Waals surface area contributed by atoms with Gasteiger partial charge < -0.3 is 15.0 Å². The fourth-order valence-electron chi connectivity index (χ4n) is 4.43. The number of nitrogens with zero attached hydrogens (tertiary/aromatic N) is 1. The zero-order valence-electron chi connectivity index (χ0n) is 20.3. The molecule has 1 N–H and O–H groups in total. The minimum absolute atomic E-state index is 0.0463. The highest BCUT2D eigenvalue weighted by atomic mass is 19.1.